The first-order valence-corrected chi connectivity index (χ1v) is 2.58. The monoisotopic (exact) mass is 115 g/mol. The lowest BCUT2D eigenvalue weighted by Gasteiger charge is -1.74. The van der Waals surface area contributed by atoms with E-state index in [4.69, 9.17) is 0 Å². The van der Waals surface area contributed by atoms with Crippen molar-refractivity contribution in [2.45, 2.75) is 5.16 Å². The number of tetrazole rings is 1. The van der Waals surface area contributed by atoms with Crippen molar-refractivity contribution in [1.82, 2.24) is 20.6 Å². The van der Waals surface area contributed by atoms with Gasteiger partial charge in [-0.3, -0.25) is 0 Å². The van der Waals surface area contributed by atoms with Crippen molar-refractivity contribution >= 4 is 11.8 Å². The van der Waals surface area contributed by atoms with Crippen LogP contribution < -0.4 is 0 Å². The minimum atomic E-state index is 0.639. The number of nitrogens with zero attached hydrogens (tertiary/aromatic N) is 3. The molecular weight excluding hydrogens is 112 g/mol. The van der Waals surface area contributed by atoms with Gasteiger partial charge in [-0.25, -0.2) is 5.10 Å². The standard InChI is InChI=1S/C2H3N4S/c1-7-2-3-5-6-4-2/h1H2,(H,3,4,5,6). The third-order valence-electron chi connectivity index (χ3n) is 0.463. The largest absolute Gasteiger partial charge is 0.234 e. The second kappa shape index (κ2) is 1.92. The van der Waals surface area contributed by atoms with Crippen LogP contribution in [-0.2, 0) is 0 Å². The van der Waals surface area contributed by atoms with Gasteiger partial charge in [-0.05, 0) is 10.4 Å². The Hall–Kier alpha value is -0.580. The summed E-state index contributed by atoms with van der Waals surface area (Å²) in [6.45, 7) is 0. The summed E-state index contributed by atoms with van der Waals surface area (Å²) in [6, 6.07) is 0. The van der Waals surface area contributed by atoms with E-state index in [0.717, 1.165) is 0 Å². The number of thioether (sulfide) groups is 1. The molecule has 0 aromatic carbocycles. The SMILES string of the molecule is [CH2]Sc1nnn[nH]1. The Bertz CT molecular complexity index is 124. The first kappa shape index (κ1) is 4.58. The second-order valence-electron chi connectivity index (χ2n) is 0.851. The van der Waals surface area contributed by atoms with Crippen LogP contribution in [0.3, 0.4) is 0 Å². The van der Waals surface area contributed by atoms with Crippen molar-refractivity contribution in [2.24, 2.45) is 0 Å². The maximum atomic E-state index is 3.52. The zero-order valence-corrected chi connectivity index (χ0v) is 4.27. The number of nitrogens with one attached hydrogen (secondary N) is 1. The van der Waals surface area contributed by atoms with Gasteiger partial charge < -0.3 is 0 Å². The highest BCUT2D eigenvalue weighted by Crippen LogP contribution is 2.03. The van der Waals surface area contributed by atoms with Crippen LogP contribution in [0.5, 0.6) is 0 Å². The molecule has 0 aliphatic heterocycles. The van der Waals surface area contributed by atoms with E-state index in [0.29, 0.717) is 5.16 Å². The summed E-state index contributed by atoms with van der Waals surface area (Å²) in [5.41, 5.74) is 0. The van der Waals surface area contributed by atoms with Gasteiger partial charge in [-0.15, -0.1) is 5.10 Å². The maximum absolute atomic E-state index is 3.52. The van der Waals surface area contributed by atoms with Gasteiger partial charge >= 0.3 is 0 Å². The fourth-order valence-corrected chi connectivity index (χ4v) is 0.411. The molecule has 0 saturated heterocycles. The molecule has 0 saturated carbocycles. The molecule has 0 amide bonds. The molecule has 7 heavy (non-hydrogen) atoms. The van der Waals surface area contributed by atoms with Gasteiger partial charge in [0.15, 0.2) is 0 Å². The molecule has 0 unspecified atom stereocenters. The summed E-state index contributed by atoms with van der Waals surface area (Å²) in [7, 11) is 0. The molecule has 1 aromatic rings. The van der Waals surface area contributed by atoms with Gasteiger partial charge in [0, 0.05) is 6.26 Å². The minimum Gasteiger partial charge on any atom is -0.234 e. The highest BCUT2D eigenvalue weighted by atomic mass is 32.2. The molecular formula is C2H3N4S. The van der Waals surface area contributed by atoms with Crippen LogP contribution in [0.4, 0.5) is 0 Å². The summed E-state index contributed by atoms with van der Waals surface area (Å²) in [5.74, 6) is 0. The lowest BCUT2D eigenvalue weighted by Crippen LogP contribution is -1.67. The first-order valence-electron chi connectivity index (χ1n) is 1.59. The van der Waals surface area contributed by atoms with Crippen LogP contribution in [0.1, 0.15) is 0 Å². The van der Waals surface area contributed by atoms with Crippen LogP contribution in [0.25, 0.3) is 0 Å². The van der Waals surface area contributed by atoms with Crippen molar-refractivity contribution in [1.29, 1.82) is 0 Å². The third-order valence-corrected chi connectivity index (χ3v) is 0.909. The molecule has 37 valence electrons. The van der Waals surface area contributed by atoms with Gasteiger partial charge in [-0.2, -0.15) is 0 Å². The molecule has 1 rings (SSSR count). The van der Waals surface area contributed by atoms with Gasteiger partial charge in [0.2, 0.25) is 5.16 Å². The van der Waals surface area contributed by atoms with Crippen LogP contribution in [0, 0.1) is 6.26 Å². The van der Waals surface area contributed by atoms with Crippen molar-refractivity contribution < 1.29 is 0 Å². The summed E-state index contributed by atoms with van der Waals surface area (Å²) < 4.78 is 0. The van der Waals surface area contributed by atoms with E-state index < -0.39 is 0 Å². The zero-order chi connectivity index (χ0) is 5.11. The third kappa shape index (κ3) is 0.894. The summed E-state index contributed by atoms with van der Waals surface area (Å²) in [5, 5.41) is 13.3. The fraction of sp³-hybridized carbons (Fsp3) is 0. The number of H-pyrrole nitrogens is 1. The molecule has 0 aliphatic carbocycles. The van der Waals surface area contributed by atoms with Gasteiger partial charge in [0.25, 0.3) is 0 Å². The Kier molecular flexibility index (Phi) is 1.26. The predicted octanol–water partition coefficient (Wildman–Crippen LogP) is 0.0834. The van der Waals surface area contributed by atoms with E-state index in [1.165, 1.54) is 11.8 Å². The van der Waals surface area contributed by atoms with Crippen LogP contribution in [0.15, 0.2) is 5.16 Å². The Morgan fingerprint density at radius 1 is 1.71 bits per heavy atom. The topological polar surface area (TPSA) is 54.5 Å². The van der Waals surface area contributed by atoms with E-state index in [1.807, 2.05) is 0 Å². The molecule has 1 aromatic heterocycles. The molecule has 4 nitrogen and oxygen atoms in total. The van der Waals surface area contributed by atoms with Crippen molar-refractivity contribution in [3.8, 4) is 0 Å². The van der Waals surface area contributed by atoms with Crippen LogP contribution >= 0.6 is 11.8 Å². The number of rotatable bonds is 1. The lowest BCUT2D eigenvalue weighted by atomic mass is 11.4. The molecule has 1 heterocycles. The molecule has 5 heteroatoms. The Labute approximate surface area is 44.7 Å². The number of hydrogen-bond donors (Lipinski definition) is 1. The van der Waals surface area contributed by atoms with Gasteiger partial charge in [-0.1, -0.05) is 11.8 Å². The average Bonchev–Trinajstić information content (AvgIpc) is 2.14. The Balaban J connectivity index is 2.76. The first-order chi connectivity index (χ1) is 3.43. The molecule has 1 radical (unpaired) electrons. The Morgan fingerprint density at radius 3 is 2.86 bits per heavy atom. The lowest BCUT2D eigenvalue weighted by molar-refractivity contribution is 0.881. The summed E-state index contributed by atoms with van der Waals surface area (Å²) in [6.07, 6.45) is 3.47. The minimum absolute atomic E-state index is 0.639. The van der Waals surface area contributed by atoms with E-state index in [2.05, 4.69) is 26.9 Å². The Morgan fingerprint density at radius 2 is 2.57 bits per heavy atom. The second-order valence-corrected chi connectivity index (χ2v) is 1.53. The molecule has 0 spiro atoms. The van der Waals surface area contributed by atoms with E-state index in [9.17, 15) is 0 Å². The number of aromatic amines is 1. The summed E-state index contributed by atoms with van der Waals surface area (Å²) >= 11 is 1.23. The van der Waals surface area contributed by atoms with Crippen LogP contribution in [0.2, 0.25) is 0 Å². The van der Waals surface area contributed by atoms with Crippen molar-refractivity contribution in [2.75, 3.05) is 0 Å². The fourth-order valence-electron chi connectivity index (χ4n) is 0.212. The summed E-state index contributed by atoms with van der Waals surface area (Å²) in [4.78, 5) is 0. The average molecular weight is 115 g/mol. The number of aromatic nitrogens is 4. The normalized spacial score (nSPS) is 9.29. The maximum Gasteiger partial charge on any atom is 0.206 e. The van der Waals surface area contributed by atoms with E-state index in [-0.39, 0.29) is 0 Å². The predicted molar refractivity (Wildman–Crippen MR) is 25.4 cm³/mol. The molecule has 0 fully saturated rings. The molecule has 1 N–H and O–H groups in total. The van der Waals surface area contributed by atoms with E-state index in [1.54, 1.807) is 0 Å². The zero-order valence-electron chi connectivity index (χ0n) is 3.46. The smallest absolute Gasteiger partial charge is 0.206 e. The van der Waals surface area contributed by atoms with Gasteiger partial charge in [0.1, 0.15) is 0 Å². The molecule has 0 atom stereocenters. The highest BCUT2D eigenvalue weighted by Gasteiger charge is 1.87. The van der Waals surface area contributed by atoms with Crippen molar-refractivity contribution in [3.63, 3.8) is 0 Å². The van der Waals surface area contributed by atoms with Crippen LogP contribution in [-0.4, -0.2) is 20.6 Å². The van der Waals surface area contributed by atoms with Gasteiger partial charge in [0.05, 0.1) is 0 Å². The molecule has 0 bridgehead atoms. The van der Waals surface area contributed by atoms with Crippen molar-refractivity contribution in [3.05, 3.63) is 6.26 Å². The quantitative estimate of drug-likeness (QED) is 0.527. The van der Waals surface area contributed by atoms with E-state index >= 15 is 0 Å². The number of hydrogen-bond acceptors (Lipinski definition) is 4. The molecule has 0 aliphatic rings. The highest BCUT2D eigenvalue weighted by molar-refractivity contribution is 8.00.